The molecular weight excluding hydrogens is 420 g/mol. The van der Waals surface area contributed by atoms with Gasteiger partial charge >= 0.3 is 6.03 Å². The predicted molar refractivity (Wildman–Crippen MR) is 125 cm³/mol. The van der Waals surface area contributed by atoms with Crippen molar-refractivity contribution in [2.24, 2.45) is 0 Å². The second-order valence-electron chi connectivity index (χ2n) is 8.50. The Morgan fingerprint density at radius 3 is 2.48 bits per heavy atom. The number of rotatable bonds is 5. The average Bonchev–Trinajstić information content (AvgIpc) is 3.37. The van der Waals surface area contributed by atoms with E-state index in [1.54, 1.807) is 34.1 Å². The summed E-state index contributed by atoms with van der Waals surface area (Å²) >= 11 is 0. The molecular formula is C25H30N4O4. The number of benzene rings is 2. The molecule has 2 N–H and O–H groups in total. The van der Waals surface area contributed by atoms with E-state index in [0.717, 1.165) is 18.4 Å². The van der Waals surface area contributed by atoms with Crippen molar-refractivity contribution in [3.8, 4) is 0 Å². The van der Waals surface area contributed by atoms with E-state index in [9.17, 15) is 14.4 Å². The minimum Gasteiger partial charge on any atom is -0.376 e. The molecule has 0 aromatic heterocycles. The van der Waals surface area contributed by atoms with Crippen LogP contribution in [0.5, 0.6) is 0 Å². The zero-order valence-electron chi connectivity index (χ0n) is 18.8. The third-order valence-corrected chi connectivity index (χ3v) is 6.08. The molecule has 2 aliphatic heterocycles. The first kappa shape index (κ1) is 22.8. The number of ether oxygens (including phenoxy) is 1. The van der Waals surface area contributed by atoms with Crippen molar-refractivity contribution in [1.29, 1.82) is 0 Å². The topological polar surface area (TPSA) is 91.0 Å². The van der Waals surface area contributed by atoms with Crippen molar-refractivity contribution in [2.45, 2.75) is 31.9 Å². The number of amides is 4. The molecule has 2 unspecified atom stereocenters. The van der Waals surface area contributed by atoms with Crippen molar-refractivity contribution in [2.75, 3.05) is 38.1 Å². The highest BCUT2D eigenvalue weighted by Gasteiger charge is 2.37. The zero-order valence-corrected chi connectivity index (χ0v) is 18.8. The van der Waals surface area contributed by atoms with E-state index in [1.165, 1.54) is 0 Å². The lowest BCUT2D eigenvalue weighted by molar-refractivity contribution is -0.127. The molecule has 8 nitrogen and oxygen atoms in total. The molecule has 8 heteroatoms. The van der Waals surface area contributed by atoms with Gasteiger partial charge in [0.25, 0.3) is 5.91 Å². The lowest BCUT2D eigenvalue weighted by Crippen LogP contribution is -2.62. The number of aryl methyl sites for hydroxylation is 1. The highest BCUT2D eigenvalue weighted by atomic mass is 16.5. The zero-order chi connectivity index (χ0) is 23.2. The van der Waals surface area contributed by atoms with E-state index in [4.69, 9.17) is 4.74 Å². The summed E-state index contributed by atoms with van der Waals surface area (Å²) in [6.07, 6.45) is 1.88. The van der Waals surface area contributed by atoms with Gasteiger partial charge in [-0.3, -0.25) is 9.59 Å². The van der Waals surface area contributed by atoms with E-state index in [2.05, 4.69) is 10.6 Å². The molecule has 0 aliphatic carbocycles. The number of nitrogens with zero attached hydrogens (tertiary/aromatic N) is 2. The quantitative estimate of drug-likeness (QED) is 0.733. The van der Waals surface area contributed by atoms with Crippen molar-refractivity contribution >= 4 is 23.5 Å². The van der Waals surface area contributed by atoms with Crippen LogP contribution >= 0.6 is 0 Å². The average molecular weight is 451 g/mol. The Balaban J connectivity index is 1.46. The van der Waals surface area contributed by atoms with Gasteiger partial charge in [0.2, 0.25) is 5.91 Å². The van der Waals surface area contributed by atoms with E-state index in [0.29, 0.717) is 30.9 Å². The number of piperazine rings is 1. The van der Waals surface area contributed by atoms with E-state index >= 15 is 0 Å². The van der Waals surface area contributed by atoms with Gasteiger partial charge in [-0.25, -0.2) is 4.79 Å². The first-order valence-corrected chi connectivity index (χ1v) is 11.4. The summed E-state index contributed by atoms with van der Waals surface area (Å²) < 4.78 is 5.60. The molecule has 2 aliphatic rings. The maximum atomic E-state index is 13.2. The van der Waals surface area contributed by atoms with Gasteiger partial charge in [0.05, 0.1) is 12.6 Å². The van der Waals surface area contributed by atoms with Crippen molar-refractivity contribution in [3.05, 3.63) is 65.7 Å². The highest BCUT2D eigenvalue weighted by Crippen LogP contribution is 2.18. The summed E-state index contributed by atoms with van der Waals surface area (Å²) in [5.74, 6) is -0.492. The number of anilines is 1. The Labute approximate surface area is 193 Å². The molecule has 2 saturated heterocycles. The van der Waals surface area contributed by atoms with Gasteiger partial charge in [0, 0.05) is 37.5 Å². The van der Waals surface area contributed by atoms with Crippen LogP contribution in [-0.2, 0) is 9.53 Å². The number of nitrogens with one attached hydrogen (secondary N) is 2. The summed E-state index contributed by atoms with van der Waals surface area (Å²) in [5.41, 5.74) is 2.31. The molecule has 2 aromatic rings. The Morgan fingerprint density at radius 1 is 1.03 bits per heavy atom. The van der Waals surface area contributed by atoms with Crippen molar-refractivity contribution in [3.63, 3.8) is 0 Å². The molecule has 174 valence electrons. The third kappa shape index (κ3) is 5.70. The van der Waals surface area contributed by atoms with Gasteiger partial charge in [-0.15, -0.1) is 0 Å². The van der Waals surface area contributed by atoms with E-state index < -0.39 is 6.04 Å². The van der Waals surface area contributed by atoms with Crippen LogP contribution < -0.4 is 10.6 Å². The lowest BCUT2D eigenvalue weighted by Gasteiger charge is -2.40. The molecule has 4 rings (SSSR count). The summed E-state index contributed by atoms with van der Waals surface area (Å²) in [6, 6.07) is 15.4. The standard InChI is InChI=1S/C25H30N4O4/c1-18-9-11-20(12-10-18)27-25(32)28-13-14-29(24(31)19-6-3-2-4-7-19)22(17-28)23(30)26-16-21-8-5-15-33-21/h2-4,6-7,9-12,21-22H,5,8,13-17H2,1H3,(H,26,30)(H,27,32). The lowest BCUT2D eigenvalue weighted by atomic mass is 10.1. The minimum atomic E-state index is -0.781. The second-order valence-corrected chi connectivity index (χ2v) is 8.50. The maximum absolute atomic E-state index is 13.2. The van der Waals surface area contributed by atoms with E-state index in [1.807, 2.05) is 37.3 Å². The molecule has 0 saturated carbocycles. The molecule has 0 spiro atoms. The molecule has 2 fully saturated rings. The third-order valence-electron chi connectivity index (χ3n) is 6.08. The van der Waals surface area contributed by atoms with Gasteiger partial charge in [-0.05, 0) is 44.0 Å². The second kappa shape index (κ2) is 10.5. The fraction of sp³-hybridized carbons (Fsp3) is 0.400. The number of carbonyl (C=O) groups excluding carboxylic acids is 3. The highest BCUT2D eigenvalue weighted by molar-refractivity contribution is 5.98. The van der Waals surface area contributed by atoms with Crippen molar-refractivity contribution in [1.82, 2.24) is 15.1 Å². The number of hydrogen-bond donors (Lipinski definition) is 2. The normalized spacial score (nSPS) is 20.4. The van der Waals surface area contributed by atoms with Crippen LogP contribution in [0.2, 0.25) is 0 Å². The Hall–Kier alpha value is -3.39. The van der Waals surface area contributed by atoms with Crippen LogP contribution in [0.15, 0.2) is 54.6 Å². The number of hydrogen-bond acceptors (Lipinski definition) is 4. The molecule has 33 heavy (non-hydrogen) atoms. The molecule has 0 bridgehead atoms. The Kier molecular flexibility index (Phi) is 7.24. The predicted octanol–water partition coefficient (Wildman–Crippen LogP) is 2.65. The van der Waals surface area contributed by atoms with Crippen LogP contribution in [0.25, 0.3) is 0 Å². The largest absolute Gasteiger partial charge is 0.376 e. The Morgan fingerprint density at radius 2 is 1.79 bits per heavy atom. The summed E-state index contributed by atoms with van der Waals surface area (Å²) in [7, 11) is 0. The molecule has 2 aromatic carbocycles. The Bertz CT molecular complexity index is 974. The van der Waals surface area contributed by atoms with Gasteiger partial charge in [0.15, 0.2) is 0 Å². The molecule has 2 atom stereocenters. The minimum absolute atomic E-state index is 0.00301. The fourth-order valence-electron chi connectivity index (χ4n) is 4.16. The van der Waals surface area contributed by atoms with Gasteiger partial charge in [-0.1, -0.05) is 35.9 Å². The fourth-order valence-corrected chi connectivity index (χ4v) is 4.16. The molecule has 4 amide bonds. The summed E-state index contributed by atoms with van der Waals surface area (Å²) in [4.78, 5) is 42.4. The summed E-state index contributed by atoms with van der Waals surface area (Å²) in [5, 5.41) is 5.81. The van der Waals surface area contributed by atoms with Crippen molar-refractivity contribution < 1.29 is 19.1 Å². The first-order chi connectivity index (χ1) is 16.0. The van der Waals surface area contributed by atoms with Gasteiger partial charge in [0.1, 0.15) is 6.04 Å². The smallest absolute Gasteiger partial charge is 0.321 e. The maximum Gasteiger partial charge on any atom is 0.321 e. The van der Waals surface area contributed by atoms with Crippen LogP contribution in [0.4, 0.5) is 10.5 Å². The van der Waals surface area contributed by atoms with Crippen LogP contribution in [0.1, 0.15) is 28.8 Å². The molecule has 0 radical (unpaired) electrons. The van der Waals surface area contributed by atoms with Crippen LogP contribution in [-0.4, -0.2) is 72.6 Å². The molecule has 2 heterocycles. The van der Waals surface area contributed by atoms with Crippen LogP contribution in [0.3, 0.4) is 0 Å². The monoisotopic (exact) mass is 450 g/mol. The summed E-state index contributed by atoms with van der Waals surface area (Å²) in [6.45, 7) is 3.81. The SMILES string of the molecule is Cc1ccc(NC(=O)N2CCN(C(=O)c3ccccc3)C(C(=O)NCC3CCCO3)C2)cc1. The number of urea groups is 1. The van der Waals surface area contributed by atoms with Crippen LogP contribution in [0, 0.1) is 6.92 Å². The number of carbonyl (C=O) groups is 3. The van der Waals surface area contributed by atoms with E-state index in [-0.39, 0.29) is 37.0 Å². The first-order valence-electron chi connectivity index (χ1n) is 11.4. The van der Waals surface area contributed by atoms with Gasteiger partial charge < -0.3 is 25.2 Å². The van der Waals surface area contributed by atoms with Gasteiger partial charge in [-0.2, -0.15) is 0 Å².